The van der Waals surface area contributed by atoms with E-state index in [1.165, 1.54) is 5.57 Å². The molecule has 0 aromatic carbocycles. The van der Waals surface area contributed by atoms with Gasteiger partial charge in [0, 0.05) is 5.41 Å². The third-order valence-corrected chi connectivity index (χ3v) is 13.0. The van der Waals surface area contributed by atoms with Crippen LogP contribution in [0.5, 0.6) is 0 Å². The Kier molecular flexibility index (Phi) is 5.44. The molecule has 0 radical (unpaired) electrons. The van der Waals surface area contributed by atoms with Gasteiger partial charge in [-0.2, -0.15) is 0 Å². The second-order valence-corrected chi connectivity index (χ2v) is 15.4. The normalized spacial score (nSPS) is 55.8. The maximum atomic E-state index is 11.8. The third kappa shape index (κ3) is 2.92. The molecule has 194 valence electrons. The summed E-state index contributed by atoms with van der Waals surface area (Å²) in [4.78, 5) is 0. The van der Waals surface area contributed by atoms with Crippen LogP contribution in [0.2, 0.25) is 0 Å². The van der Waals surface area contributed by atoms with Gasteiger partial charge in [-0.1, -0.05) is 60.1 Å². The highest BCUT2D eigenvalue weighted by atomic mass is 16.3. The van der Waals surface area contributed by atoms with E-state index in [1.54, 1.807) is 0 Å². The summed E-state index contributed by atoms with van der Waals surface area (Å²) in [6.07, 6.45) is 8.22. The lowest BCUT2D eigenvalue weighted by Gasteiger charge is -2.72. The Balaban J connectivity index is 1.64. The Bertz CT molecular complexity index is 877. The summed E-state index contributed by atoms with van der Waals surface area (Å²) in [5.41, 5.74) is 0.522. The van der Waals surface area contributed by atoms with Crippen LogP contribution in [0.3, 0.4) is 0 Å². The Morgan fingerprint density at radius 1 is 0.853 bits per heavy atom. The number of allylic oxidation sites excluding steroid dienone is 2. The van der Waals surface area contributed by atoms with E-state index in [-0.39, 0.29) is 51.6 Å². The molecule has 5 rings (SSSR count). The van der Waals surface area contributed by atoms with Crippen molar-refractivity contribution < 1.29 is 20.4 Å². The molecule has 4 N–H and O–H groups in total. The molecule has 4 heteroatoms. The first-order valence-corrected chi connectivity index (χ1v) is 13.9. The van der Waals surface area contributed by atoms with Crippen LogP contribution in [-0.2, 0) is 0 Å². The van der Waals surface area contributed by atoms with Crippen molar-refractivity contribution in [2.75, 3.05) is 6.61 Å². The predicted molar refractivity (Wildman–Crippen MR) is 135 cm³/mol. The molecule has 0 heterocycles. The van der Waals surface area contributed by atoms with E-state index >= 15 is 0 Å². The highest BCUT2D eigenvalue weighted by molar-refractivity contribution is 5.35. The summed E-state index contributed by atoms with van der Waals surface area (Å²) in [5.74, 6) is 0.665. The molecule has 0 aromatic heterocycles. The molecular formula is C30H50O4. The molecule has 34 heavy (non-hydrogen) atoms. The van der Waals surface area contributed by atoms with Gasteiger partial charge in [0.2, 0.25) is 0 Å². The van der Waals surface area contributed by atoms with Crippen LogP contribution in [0.15, 0.2) is 11.6 Å². The fraction of sp³-hybridized carbons (Fsp3) is 0.933. The summed E-state index contributed by atoms with van der Waals surface area (Å²) in [6, 6.07) is 0. The minimum absolute atomic E-state index is 0.0525. The zero-order chi connectivity index (χ0) is 25.1. The third-order valence-electron chi connectivity index (χ3n) is 13.0. The molecule has 0 saturated heterocycles. The number of hydrogen-bond acceptors (Lipinski definition) is 4. The highest BCUT2D eigenvalue weighted by Gasteiger charge is 2.71. The van der Waals surface area contributed by atoms with Crippen LogP contribution in [0, 0.1) is 50.2 Å². The fourth-order valence-corrected chi connectivity index (χ4v) is 10.9. The van der Waals surface area contributed by atoms with E-state index in [9.17, 15) is 20.4 Å². The summed E-state index contributed by atoms with van der Waals surface area (Å²) in [7, 11) is 0. The molecule has 0 amide bonds. The number of fused-ring (bicyclic) bond motifs is 7. The van der Waals surface area contributed by atoms with E-state index in [0.29, 0.717) is 12.3 Å². The van der Waals surface area contributed by atoms with Crippen molar-refractivity contribution in [3.8, 4) is 0 Å². The Hall–Kier alpha value is -0.420. The quantitative estimate of drug-likeness (QED) is 0.399. The van der Waals surface area contributed by atoms with Gasteiger partial charge in [0.15, 0.2) is 0 Å². The van der Waals surface area contributed by atoms with Crippen LogP contribution in [-0.4, -0.2) is 45.3 Å². The molecule has 10 atom stereocenters. The lowest BCUT2D eigenvalue weighted by Crippen LogP contribution is -2.69. The second-order valence-electron chi connectivity index (χ2n) is 15.4. The SMILES string of the molecule is CC1(C)CC[C@]2(CO)[C@@H](O)C[C@]3(C)C(=CC[C@@H]4[C@@]5(C)CC[C@H](O)C(C)(C)[C@@H]5[C@H](O)C[C@]43C)[C@@H]2C1. The lowest BCUT2D eigenvalue weighted by atomic mass is 9.33. The Morgan fingerprint density at radius 2 is 1.53 bits per heavy atom. The average molecular weight is 475 g/mol. The first kappa shape index (κ1) is 25.2. The van der Waals surface area contributed by atoms with Crippen LogP contribution in [0.4, 0.5) is 0 Å². The Morgan fingerprint density at radius 3 is 2.18 bits per heavy atom. The van der Waals surface area contributed by atoms with Crippen LogP contribution in [0.1, 0.15) is 99.8 Å². The maximum Gasteiger partial charge on any atom is 0.0632 e. The molecule has 0 aliphatic heterocycles. The standard InChI is InChI=1S/C30H50O4/c1-25(2)12-13-30(17-31)19(14-25)18-8-9-21-27(5)11-10-22(33)26(3,4)24(27)20(32)15-29(21,7)28(18,6)16-23(30)34/h8,19-24,31-34H,9-17H2,1-7H3/t19-,20+,21+,22-,23-,24-,27+,28+,29+,30+/m0/s1. The minimum Gasteiger partial charge on any atom is -0.396 e. The number of aliphatic hydroxyl groups is 4. The van der Waals surface area contributed by atoms with E-state index in [2.05, 4.69) is 54.5 Å². The molecule has 4 saturated carbocycles. The molecule has 0 bridgehead atoms. The highest BCUT2D eigenvalue weighted by Crippen LogP contribution is 2.75. The van der Waals surface area contributed by atoms with Crippen molar-refractivity contribution in [1.82, 2.24) is 0 Å². The van der Waals surface area contributed by atoms with Gasteiger partial charge >= 0.3 is 0 Å². The molecule has 5 aliphatic carbocycles. The lowest BCUT2D eigenvalue weighted by molar-refractivity contribution is -0.250. The molecule has 0 spiro atoms. The summed E-state index contributed by atoms with van der Waals surface area (Å²) in [6.45, 7) is 16.2. The fourth-order valence-electron chi connectivity index (χ4n) is 10.9. The number of aliphatic hydroxyl groups excluding tert-OH is 4. The van der Waals surface area contributed by atoms with E-state index in [0.717, 1.165) is 44.9 Å². The van der Waals surface area contributed by atoms with Crippen molar-refractivity contribution in [1.29, 1.82) is 0 Å². The van der Waals surface area contributed by atoms with Gasteiger partial charge in [-0.3, -0.25) is 0 Å². The average Bonchev–Trinajstić information content (AvgIpc) is 2.71. The molecule has 0 aromatic rings. The zero-order valence-corrected chi connectivity index (χ0v) is 22.7. The minimum atomic E-state index is -0.524. The van der Waals surface area contributed by atoms with Gasteiger partial charge in [-0.25, -0.2) is 0 Å². The van der Waals surface area contributed by atoms with Gasteiger partial charge in [-0.15, -0.1) is 0 Å². The zero-order valence-electron chi connectivity index (χ0n) is 22.7. The Labute approximate surface area is 207 Å². The first-order chi connectivity index (χ1) is 15.6. The van der Waals surface area contributed by atoms with Crippen molar-refractivity contribution >= 4 is 0 Å². The summed E-state index contributed by atoms with van der Waals surface area (Å²) < 4.78 is 0. The molecule has 5 aliphatic rings. The molecule has 4 fully saturated rings. The monoisotopic (exact) mass is 474 g/mol. The summed E-state index contributed by atoms with van der Waals surface area (Å²) in [5, 5.41) is 45.1. The van der Waals surface area contributed by atoms with Crippen molar-refractivity contribution in [3.63, 3.8) is 0 Å². The first-order valence-electron chi connectivity index (χ1n) is 13.9. The van der Waals surface area contributed by atoms with Crippen LogP contribution in [0.25, 0.3) is 0 Å². The molecule has 4 nitrogen and oxygen atoms in total. The second kappa shape index (κ2) is 7.33. The van der Waals surface area contributed by atoms with Gasteiger partial charge in [0.1, 0.15) is 0 Å². The largest absolute Gasteiger partial charge is 0.396 e. The maximum absolute atomic E-state index is 11.8. The van der Waals surface area contributed by atoms with Crippen LogP contribution >= 0.6 is 0 Å². The molecule has 0 unspecified atom stereocenters. The smallest absolute Gasteiger partial charge is 0.0632 e. The van der Waals surface area contributed by atoms with Gasteiger partial charge < -0.3 is 20.4 Å². The van der Waals surface area contributed by atoms with Crippen LogP contribution < -0.4 is 0 Å². The predicted octanol–water partition coefficient (Wildman–Crippen LogP) is 5.08. The van der Waals surface area contributed by atoms with E-state index < -0.39 is 17.6 Å². The van der Waals surface area contributed by atoms with Crippen molar-refractivity contribution in [3.05, 3.63) is 11.6 Å². The van der Waals surface area contributed by atoms with E-state index in [1.807, 2.05) is 0 Å². The van der Waals surface area contributed by atoms with Gasteiger partial charge in [0.05, 0.1) is 24.9 Å². The summed E-state index contributed by atoms with van der Waals surface area (Å²) >= 11 is 0. The number of hydrogen-bond donors (Lipinski definition) is 4. The van der Waals surface area contributed by atoms with Gasteiger partial charge in [-0.05, 0) is 96.2 Å². The molecular weight excluding hydrogens is 424 g/mol. The number of rotatable bonds is 1. The van der Waals surface area contributed by atoms with Crippen molar-refractivity contribution in [2.24, 2.45) is 50.2 Å². The van der Waals surface area contributed by atoms with Crippen molar-refractivity contribution in [2.45, 2.75) is 118 Å². The topological polar surface area (TPSA) is 80.9 Å². The van der Waals surface area contributed by atoms with E-state index in [4.69, 9.17) is 0 Å². The van der Waals surface area contributed by atoms with Gasteiger partial charge in [0.25, 0.3) is 0 Å².